The molecule has 1 atom stereocenters. The van der Waals surface area contributed by atoms with Crippen molar-refractivity contribution < 1.29 is 12.6 Å². The Labute approximate surface area is 137 Å². The molecular formula is C17H17NO3S2. The number of hydrogen-bond acceptors (Lipinski definition) is 3. The zero-order valence-electron chi connectivity index (χ0n) is 13.1. The van der Waals surface area contributed by atoms with Crippen molar-refractivity contribution in [1.29, 1.82) is 0 Å². The first-order chi connectivity index (χ1) is 10.8. The number of sulfonamides is 1. The lowest BCUT2D eigenvalue weighted by atomic mass is 10.2. The van der Waals surface area contributed by atoms with Crippen molar-refractivity contribution >= 4 is 19.8 Å². The zero-order valence-corrected chi connectivity index (χ0v) is 14.7. The van der Waals surface area contributed by atoms with Gasteiger partial charge in [0.05, 0.1) is 9.79 Å². The Hall–Kier alpha value is -2.10. The molecule has 120 valence electrons. The molecule has 4 nitrogen and oxygen atoms in total. The summed E-state index contributed by atoms with van der Waals surface area (Å²) in [5.74, 6) is 2.52. The molecule has 0 aliphatic rings. The molecule has 0 aromatic heterocycles. The molecule has 0 saturated carbocycles. The Kier molecular flexibility index (Phi) is 4.93. The lowest BCUT2D eigenvalue weighted by Crippen LogP contribution is -2.05. The summed E-state index contributed by atoms with van der Waals surface area (Å²) in [5.41, 5.74) is 1.90. The van der Waals surface area contributed by atoms with Crippen LogP contribution in [0.5, 0.6) is 0 Å². The molecule has 23 heavy (non-hydrogen) atoms. The molecule has 0 saturated heterocycles. The normalized spacial score (nSPS) is 13.5. The number of rotatable bonds is 3. The minimum absolute atomic E-state index is 0.000778. The third-order valence-corrected chi connectivity index (χ3v) is 6.99. The van der Waals surface area contributed by atoms with E-state index in [-0.39, 0.29) is 9.79 Å². The van der Waals surface area contributed by atoms with E-state index in [0.717, 1.165) is 11.1 Å². The van der Waals surface area contributed by atoms with E-state index in [4.69, 9.17) is 0 Å². The van der Waals surface area contributed by atoms with E-state index in [1.165, 1.54) is 19.1 Å². The van der Waals surface area contributed by atoms with Gasteiger partial charge >= 0.3 is 0 Å². The van der Waals surface area contributed by atoms with Crippen molar-refractivity contribution in [1.82, 2.24) is 0 Å². The average Bonchev–Trinajstić information content (AvgIpc) is 2.48. The van der Waals surface area contributed by atoms with Crippen molar-refractivity contribution in [3.63, 3.8) is 0 Å². The van der Waals surface area contributed by atoms with Gasteiger partial charge in [0.2, 0.25) is 0 Å². The van der Waals surface area contributed by atoms with Crippen LogP contribution in [-0.2, 0) is 19.8 Å². The highest BCUT2D eigenvalue weighted by atomic mass is 32.3. The summed E-state index contributed by atoms with van der Waals surface area (Å²) in [7, 11) is -7.44. The highest BCUT2D eigenvalue weighted by Crippen LogP contribution is 2.20. The smallest absolute Gasteiger partial charge is 0.230 e. The topological polar surface area (TPSA) is 63.6 Å². The molecule has 0 bridgehead atoms. The first-order valence-electron chi connectivity index (χ1n) is 6.87. The van der Waals surface area contributed by atoms with Gasteiger partial charge in [-0.25, -0.2) is 4.21 Å². The van der Waals surface area contributed by atoms with Gasteiger partial charge in [-0.1, -0.05) is 45.1 Å². The highest BCUT2D eigenvalue weighted by Gasteiger charge is 2.19. The lowest BCUT2D eigenvalue weighted by molar-refractivity contribution is 0.598. The predicted octanol–water partition coefficient (Wildman–Crippen LogP) is 3.50. The molecule has 2 rings (SSSR count). The van der Waals surface area contributed by atoms with Crippen LogP contribution in [0.2, 0.25) is 0 Å². The van der Waals surface area contributed by atoms with Gasteiger partial charge in [0, 0.05) is 5.25 Å². The standard InChI is InChI=1S/C17H17NO3S2/c1-4-13-22(19,16-9-5-14(2)6-10-16)18-23(20,21)17-11-7-15(3)8-12-17/h5-12H,1-3H3/t22-/m0/s1. The summed E-state index contributed by atoms with van der Waals surface area (Å²) in [5, 5.41) is 2.46. The van der Waals surface area contributed by atoms with Crippen molar-refractivity contribution in [3.8, 4) is 11.2 Å². The number of aryl methyl sites for hydroxylation is 2. The van der Waals surface area contributed by atoms with E-state index in [1.807, 2.05) is 13.8 Å². The number of nitrogens with zero attached hydrogens (tertiary/aromatic N) is 1. The van der Waals surface area contributed by atoms with Crippen LogP contribution in [0.1, 0.15) is 18.1 Å². The fraction of sp³-hybridized carbons (Fsp3) is 0.176. The second-order valence-electron chi connectivity index (χ2n) is 5.05. The Morgan fingerprint density at radius 2 is 1.22 bits per heavy atom. The van der Waals surface area contributed by atoms with Crippen LogP contribution in [0, 0.1) is 25.0 Å². The molecule has 6 heteroatoms. The van der Waals surface area contributed by atoms with Gasteiger partial charge in [0.25, 0.3) is 10.0 Å². The van der Waals surface area contributed by atoms with E-state index in [2.05, 4.69) is 14.9 Å². The van der Waals surface area contributed by atoms with Crippen LogP contribution < -0.4 is 0 Å². The summed E-state index contributed by atoms with van der Waals surface area (Å²) >= 11 is 0. The second kappa shape index (κ2) is 6.57. The van der Waals surface area contributed by atoms with Crippen LogP contribution in [0.4, 0.5) is 0 Å². The van der Waals surface area contributed by atoms with Gasteiger partial charge in [-0.2, -0.15) is 8.42 Å². The van der Waals surface area contributed by atoms with E-state index >= 15 is 0 Å². The molecule has 0 spiro atoms. The predicted molar refractivity (Wildman–Crippen MR) is 91.8 cm³/mol. The van der Waals surface area contributed by atoms with Gasteiger partial charge < -0.3 is 0 Å². The first kappa shape index (κ1) is 17.3. The maximum absolute atomic E-state index is 13.0. The molecule has 0 fully saturated rings. The van der Waals surface area contributed by atoms with Crippen LogP contribution in [0.3, 0.4) is 0 Å². The van der Waals surface area contributed by atoms with E-state index in [0.29, 0.717) is 0 Å². The van der Waals surface area contributed by atoms with Crippen molar-refractivity contribution in [2.24, 2.45) is 3.77 Å². The number of hydrogen-bond donors (Lipinski definition) is 0. The monoisotopic (exact) mass is 347 g/mol. The molecule has 0 aliphatic heterocycles. The van der Waals surface area contributed by atoms with E-state index in [9.17, 15) is 12.6 Å². The van der Waals surface area contributed by atoms with Crippen molar-refractivity contribution in [2.75, 3.05) is 0 Å². The fourth-order valence-corrected chi connectivity index (χ4v) is 5.20. The molecule has 0 N–H and O–H groups in total. The maximum Gasteiger partial charge on any atom is 0.291 e. The summed E-state index contributed by atoms with van der Waals surface area (Å²) < 4.78 is 41.6. The molecule has 0 aliphatic carbocycles. The summed E-state index contributed by atoms with van der Waals surface area (Å²) in [4.78, 5) is 0.286. The van der Waals surface area contributed by atoms with Gasteiger partial charge in [-0.15, -0.1) is 0 Å². The molecule has 0 heterocycles. The fourth-order valence-electron chi connectivity index (χ4n) is 1.87. The molecule has 0 unspecified atom stereocenters. The second-order valence-corrected chi connectivity index (χ2v) is 8.80. The Bertz CT molecular complexity index is 985. The first-order valence-corrected chi connectivity index (χ1v) is 9.83. The SMILES string of the molecule is CC#C[S@@](=O)(=NS(=O)(=O)c1ccc(C)cc1)c1ccc(C)cc1. The Morgan fingerprint density at radius 1 is 0.783 bits per heavy atom. The third-order valence-electron chi connectivity index (χ3n) is 3.10. The molecule has 2 aromatic carbocycles. The van der Waals surface area contributed by atoms with Crippen LogP contribution in [0.15, 0.2) is 62.1 Å². The van der Waals surface area contributed by atoms with E-state index in [1.54, 1.807) is 36.4 Å². The molecular weight excluding hydrogens is 330 g/mol. The minimum atomic E-state index is -4.07. The zero-order chi connectivity index (χ0) is 17.1. The van der Waals surface area contributed by atoms with Crippen LogP contribution in [-0.4, -0.2) is 12.6 Å². The van der Waals surface area contributed by atoms with Crippen molar-refractivity contribution in [2.45, 2.75) is 30.6 Å². The van der Waals surface area contributed by atoms with Gasteiger partial charge in [-0.3, -0.25) is 0 Å². The number of benzene rings is 2. The Morgan fingerprint density at radius 3 is 1.65 bits per heavy atom. The summed E-state index contributed by atoms with van der Waals surface area (Å²) in [6.07, 6.45) is 0. The summed E-state index contributed by atoms with van der Waals surface area (Å²) in [6, 6.07) is 12.9. The third kappa shape index (κ3) is 4.01. The van der Waals surface area contributed by atoms with Crippen LogP contribution in [0.25, 0.3) is 0 Å². The highest BCUT2D eigenvalue weighted by molar-refractivity contribution is 8.06. The molecule has 0 amide bonds. The minimum Gasteiger partial charge on any atom is -0.230 e. The maximum atomic E-state index is 13.0. The van der Waals surface area contributed by atoms with Gasteiger partial charge in [0.1, 0.15) is 0 Å². The van der Waals surface area contributed by atoms with Gasteiger partial charge in [-0.05, 0) is 45.0 Å². The quantitative estimate of drug-likeness (QED) is 0.798. The lowest BCUT2D eigenvalue weighted by Gasteiger charge is -2.05. The largest absolute Gasteiger partial charge is 0.291 e. The van der Waals surface area contributed by atoms with E-state index < -0.39 is 19.8 Å². The van der Waals surface area contributed by atoms with Crippen LogP contribution >= 0.6 is 0 Å². The van der Waals surface area contributed by atoms with Gasteiger partial charge in [0.15, 0.2) is 9.73 Å². The summed E-state index contributed by atoms with van der Waals surface area (Å²) in [6.45, 7) is 5.24. The Balaban J connectivity index is 2.66. The molecule has 0 radical (unpaired) electrons. The average molecular weight is 347 g/mol. The molecule has 2 aromatic rings. The van der Waals surface area contributed by atoms with Crippen molar-refractivity contribution in [3.05, 3.63) is 59.7 Å².